The molecule has 2 rings (SSSR count). The van der Waals surface area contributed by atoms with Gasteiger partial charge in [-0.25, -0.2) is 13.2 Å². The number of hydrogen-bond acceptors (Lipinski definition) is 2. The fraction of sp³-hybridized carbons (Fsp3) is 0. The van der Waals surface area contributed by atoms with Gasteiger partial charge in [-0.3, -0.25) is 0 Å². The molecule has 4 nitrogen and oxygen atoms in total. The topological polar surface area (TPSA) is 32.0 Å². The van der Waals surface area contributed by atoms with E-state index in [2.05, 4.69) is 9.35 Å². The van der Waals surface area contributed by atoms with E-state index in [4.69, 9.17) is 0 Å². The molecule has 2 aromatic rings. The lowest BCUT2D eigenvalue weighted by molar-refractivity contribution is 0.225. The Balaban J connectivity index is 2.58. The smallest absolute Gasteiger partial charge is 0.297 e. The van der Waals surface area contributed by atoms with Crippen LogP contribution in [0.2, 0.25) is 0 Å². The molecule has 1 heterocycles. The summed E-state index contributed by atoms with van der Waals surface area (Å²) in [6.07, 6.45) is 0. The Labute approximate surface area is 113 Å². The van der Waals surface area contributed by atoms with E-state index in [1.165, 1.54) is 0 Å². The third-order valence-electron chi connectivity index (χ3n) is 1.95. The van der Waals surface area contributed by atoms with E-state index in [0.717, 1.165) is 0 Å². The molecule has 0 saturated heterocycles. The Morgan fingerprint density at radius 2 is 1.38 bits per heavy atom. The molecule has 0 N–H and O–H groups in total. The van der Waals surface area contributed by atoms with E-state index in [9.17, 15) is 34.8 Å². The van der Waals surface area contributed by atoms with Gasteiger partial charge in [0.05, 0.1) is 0 Å². The van der Waals surface area contributed by atoms with Crippen molar-refractivity contribution in [1.82, 2.24) is 13.1 Å². The average molecular weight is 375 g/mol. The van der Waals surface area contributed by atoms with Crippen molar-refractivity contribution in [1.29, 1.82) is 0 Å². The van der Waals surface area contributed by atoms with Gasteiger partial charge in [0.25, 0.3) is 16.3 Å². The summed E-state index contributed by atoms with van der Waals surface area (Å²) in [5, 5.41) is 0. The van der Waals surface area contributed by atoms with Crippen molar-refractivity contribution in [3.63, 3.8) is 0 Å². The summed E-state index contributed by atoms with van der Waals surface area (Å²) >= 11 is 0. The van der Waals surface area contributed by atoms with Crippen LogP contribution < -0.4 is 4.84 Å². The lowest BCUT2D eigenvalue weighted by Gasteiger charge is -2.11. The molecule has 1 aromatic carbocycles. The second kappa shape index (κ2) is 5.87. The van der Waals surface area contributed by atoms with Gasteiger partial charge in [0.1, 0.15) is 0 Å². The van der Waals surface area contributed by atoms with Gasteiger partial charge < -0.3 is 4.84 Å². The van der Waals surface area contributed by atoms with Gasteiger partial charge in [-0.1, -0.05) is 13.1 Å². The van der Waals surface area contributed by atoms with Crippen LogP contribution in [0.15, 0.2) is 0 Å². The SMILES string of the molecule is Fc1c(F)c(F)c(On2pnp(F)n(F)p2F)c(F)c1F. The minimum atomic E-state index is -3.68. The summed E-state index contributed by atoms with van der Waals surface area (Å²) in [5.74, 6) is -13.7. The number of aromatic nitrogens is 3. The van der Waals surface area contributed by atoms with Crippen molar-refractivity contribution in [3.8, 4) is 5.75 Å². The summed E-state index contributed by atoms with van der Waals surface area (Å²) in [5.41, 5.74) is 0. The van der Waals surface area contributed by atoms with Gasteiger partial charge in [0, 0.05) is 0 Å². The second-order valence-electron chi connectivity index (χ2n) is 3.14. The fourth-order valence-electron chi connectivity index (χ4n) is 1.06. The summed E-state index contributed by atoms with van der Waals surface area (Å²) in [7, 11) is -7.72. The van der Waals surface area contributed by atoms with E-state index >= 15 is 0 Å². The second-order valence-corrected chi connectivity index (χ2v) is 7.06. The van der Waals surface area contributed by atoms with Crippen LogP contribution in [0, 0.1) is 29.1 Å². The van der Waals surface area contributed by atoms with Crippen LogP contribution in [0.25, 0.3) is 0 Å². The third-order valence-corrected chi connectivity index (χ3v) is 5.57. The zero-order valence-corrected chi connectivity index (χ0v) is 11.8. The van der Waals surface area contributed by atoms with Crippen molar-refractivity contribution in [2.75, 3.05) is 0 Å². The molecule has 0 saturated carbocycles. The molecule has 2 unspecified atom stereocenters. The number of halogens is 8. The third kappa shape index (κ3) is 2.75. The number of nitrogens with zero attached hydrogens (tertiary/aromatic N) is 3. The van der Waals surface area contributed by atoms with Crippen LogP contribution in [0.1, 0.15) is 0 Å². The molecule has 116 valence electrons. The Hall–Kier alpha value is -1.24. The first-order chi connectivity index (χ1) is 9.75. The molecule has 0 fully saturated rings. The molecule has 2 atom stereocenters. The first kappa shape index (κ1) is 16.1. The van der Waals surface area contributed by atoms with Crippen LogP contribution in [-0.2, 0) is 0 Å². The summed E-state index contributed by atoms with van der Waals surface area (Å²) in [6.45, 7) is 0. The maximum Gasteiger partial charge on any atom is 0.297 e. The Morgan fingerprint density at radius 3 is 1.90 bits per heavy atom. The standard InChI is InChI=1S/C6F8N3OP3/c7-1-2(8)4(10)6(5(11)3(1)9)18-17-19-15-20(13)16(12)21(17)14. The van der Waals surface area contributed by atoms with Gasteiger partial charge in [-0.15, -0.1) is 12.9 Å². The molecule has 0 aliphatic rings. The number of hydrogen-bond donors (Lipinski definition) is 0. The molecule has 0 spiro atoms. The molecule has 0 radical (unpaired) electrons. The average Bonchev–Trinajstić information content (AvgIpc) is 2.47. The minimum Gasteiger partial charge on any atom is -0.357 e. The molecule has 0 aliphatic heterocycles. The van der Waals surface area contributed by atoms with Crippen LogP contribution >= 0.6 is 24.8 Å². The van der Waals surface area contributed by atoms with Crippen LogP contribution in [0.3, 0.4) is 0 Å². The van der Waals surface area contributed by atoms with Crippen molar-refractivity contribution >= 4 is 24.8 Å². The van der Waals surface area contributed by atoms with Crippen LogP contribution in [-0.4, -0.2) is 13.1 Å². The van der Waals surface area contributed by atoms with Crippen LogP contribution in [0.4, 0.5) is 34.8 Å². The van der Waals surface area contributed by atoms with Crippen LogP contribution in [0.5, 0.6) is 5.75 Å². The zero-order chi connectivity index (χ0) is 15.9. The molecule has 0 bridgehead atoms. The molecule has 1 aromatic heterocycles. The van der Waals surface area contributed by atoms with Gasteiger partial charge in [0.15, 0.2) is 8.51 Å². The highest BCUT2D eigenvalue weighted by Gasteiger charge is 2.28. The van der Waals surface area contributed by atoms with Gasteiger partial charge >= 0.3 is 0 Å². The monoisotopic (exact) mass is 375 g/mol. The first-order valence-electron chi connectivity index (χ1n) is 4.54. The van der Waals surface area contributed by atoms with Gasteiger partial charge in [-0.05, 0) is 0 Å². The Kier molecular flexibility index (Phi) is 4.51. The first-order valence-corrected chi connectivity index (χ1v) is 7.61. The highest BCUT2D eigenvalue weighted by Crippen LogP contribution is 2.42. The molecular weight excluding hydrogens is 375 g/mol. The van der Waals surface area contributed by atoms with Crippen molar-refractivity contribution in [3.05, 3.63) is 29.1 Å². The fourth-order valence-corrected chi connectivity index (χ4v) is 4.26. The maximum atomic E-state index is 13.3. The predicted molar refractivity (Wildman–Crippen MR) is 57.5 cm³/mol. The zero-order valence-electron chi connectivity index (χ0n) is 9.12. The maximum absolute atomic E-state index is 13.3. The van der Waals surface area contributed by atoms with E-state index in [-0.39, 0.29) is 4.26 Å². The van der Waals surface area contributed by atoms with Crippen molar-refractivity contribution in [2.24, 2.45) is 0 Å². The van der Waals surface area contributed by atoms with Gasteiger partial charge in [-0.2, -0.15) is 8.78 Å². The minimum absolute atomic E-state index is 0.202. The van der Waals surface area contributed by atoms with Crippen molar-refractivity contribution < 1.29 is 39.7 Å². The highest BCUT2D eigenvalue weighted by molar-refractivity contribution is 7.55. The summed E-state index contributed by atoms with van der Waals surface area (Å²) in [6, 6.07) is 0. The summed E-state index contributed by atoms with van der Waals surface area (Å²) in [4.78, 5) is 4.11. The normalized spacial score (nSPS) is 13.0. The largest absolute Gasteiger partial charge is 0.357 e. The molecular formula is C6F8N3OP3. The molecule has 15 heteroatoms. The number of rotatable bonds is 2. The molecule has 21 heavy (non-hydrogen) atoms. The van der Waals surface area contributed by atoms with Crippen molar-refractivity contribution in [2.45, 2.75) is 0 Å². The number of benzene rings is 1. The van der Waals surface area contributed by atoms with E-state index in [1.54, 1.807) is 0 Å². The van der Waals surface area contributed by atoms with E-state index in [0.29, 0.717) is 0 Å². The summed E-state index contributed by atoms with van der Waals surface area (Å²) < 4.78 is 106. The van der Waals surface area contributed by atoms with Gasteiger partial charge in [0.2, 0.25) is 34.8 Å². The quantitative estimate of drug-likeness (QED) is 0.416. The van der Waals surface area contributed by atoms with E-state index < -0.39 is 64.0 Å². The highest BCUT2D eigenvalue weighted by atomic mass is 31.2. The lowest BCUT2D eigenvalue weighted by atomic mass is 10.3. The Bertz CT molecular complexity index is 717. The molecule has 0 amide bonds. The lowest BCUT2D eigenvalue weighted by Crippen LogP contribution is -2.09. The molecule has 0 aliphatic carbocycles. The van der Waals surface area contributed by atoms with E-state index in [1.807, 2.05) is 0 Å². The predicted octanol–water partition coefficient (Wildman–Crippen LogP) is 5.10. The Morgan fingerprint density at radius 1 is 0.905 bits per heavy atom.